The third-order valence-electron chi connectivity index (χ3n) is 4.37. The van der Waals surface area contributed by atoms with Crippen molar-refractivity contribution in [1.29, 1.82) is 0 Å². The van der Waals surface area contributed by atoms with Gasteiger partial charge in [0.15, 0.2) is 6.54 Å². The number of ketones is 1. The third kappa shape index (κ3) is 3.99. The van der Waals surface area contributed by atoms with Crippen LogP contribution < -0.4 is 37.9 Å². The quantitative estimate of drug-likeness (QED) is 0.327. The molecule has 0 saturated carbocycles. The average Bonchev–Trinajstić information content (AvgIpc) is 2.91. The van der Waals surface area contributed by atoms with Crippen LogP contribution in [0.15, 0.2) is 42.5 Å². The van der Waals surface area contributed by atoms with E-state index < -0.39 is 0 Å². The second kappa shape index (κ2) is 8.51. The van der Waals surface area contributed by atoms with Gasteiger partial charge in [0.25, 0.3) is 0 Å². The first-order valence-corrected chi connectivity index (χ1v) is 9.20. The largest absolute Gasteiger partial charge is 1.00 e. The van der Waals surface area contributed by atoms with E-state index in [0.29, 0.717) is 16.4 Å². The highest BCUT2D eigenvalue weighted by atomic mass is 79.9. The summed E-state index contributed by atoms with van der Waals surface area (Å²) in [5.74, 6) is 0.0410. The Balaban J connectivity index is 0.00000243. The van der Waals surface area contributed by atoms with Gasteiger partial charge in [0.2, 0.25) is 5.78 Å². The standard InChI is InChI=1S/C19H22N4OS.BrH/c1-3-22(4-2)15-8-5-13(6-9-15)17(24)12-23-16-10-7-14(20)11-18(16)25-19(23)21;/h5-11,21H,3-4,12,20H2,1-2H3;1H. The van der Waals surface area contributed by atoms with Gasteiger partial charge in [-0.1, -0.05) is 0 Å². The highest BCUT2D eigenvalue weighted by Crippen LogP contribution is 2.24. The molecule has 4 N–H and O–H groups in total. The third-order valence-corrected chi connectivity index (χ3v) is 5.35. The Labute approximate surface area is 168 Å². The number of nitrogens with zero attached hydrogens (tertiary/aromatic N) is 2. The molecule has 1 aromatic heterocycles. The van der Waals surface area contributed by atoms with Gasteiger partial charge < -0.3 is 27.6 Å². The van der Waals surface area contributed by atoms with E-state index in [1.807, 2.05) is 47.0 Å². The average molecular weight is 435 g/mol. The highest BCUT2D eigenvalue weighted by molar-refractivity contribution is 7.21. The van der Waals surface area contributed by atoms with Crippen molar-refractivity contribution >= 4 is 43.8 Å². The van der Waals surface area contributed by atoms with Crippen LogP contribution in [0.5, 0.6) is 0 Å². The molecular weight excluding hydrogens is 412 g/mol. The van der Waals surface area contributed by atoms with E-state index in [9.17, 15) is 4.79 Å². The number of anilines is 3. The molecule has 0 spiro atoms. The molecule has 3 rings (SSSR count). The number of carbonyl (C=O) groups excluding carboxylic acids is 1. The molecule has 0 saturated heterocycles. The molecule has 2 aromatic carbocycles. The zero-order valence-corrected chi connectivity index (χ0v) is 17.3. The van der Waals surface area contributed by atoms with E-state index in [1.54, 1.807) is 0 Å². The fourth-order valence-electron chi connectivity index (χ4n) is 2.97. The first-order chi connectivity index (χ1) is 12.0. The summed E-state index contributed by atoms with van der Waals surface area (Å²) in [6.07, 6.45) is 0. The number of carbonyl (C=O) groups is 1. The Morgan fingerprint density at radius 3 is 2.35 bits per heavy atom. The summed E-state index contributed by atoms with van der Waals surface area (Å²) in [4.78, 5) is 14.9. The fourth-order valence-corrected chi connectivity index (χ4v) is 3.94. The Bertz CT molecular complexity index is 904. The zero-order valence-electron chi connectivity index (χ0n) is 14.9. The highest BCUT2D eigenvalue weighted by Gasteiger charge is 2.19. The molecule has 7 heteroatoms. The Morgan fingerprint density at radius 1 is 1.08 bits per heavy atom. The number of benzene rings is 2. The number of nitrogens with two attached hydrogens (primary N) is 2. The maximum absolute atomic E-state index is 12.7. The molecule has 3 aromatic rings. The van der Waals surface area contributed by atoms with E-state index in [4.69, 9.17) is 11.5 Å². The van der Waals surface area contributed by atoms with Crippen molar-refractivity contribution in [1.82, 2.24) is 0 Å². The normalized spacial score (nSPS) is 10.5. The van der Waals surface area contributed by atoms with Crippen LogP contribution in [0.4, 0.5) is 16.5 Å². The lowest BCUT2D eigenvalue weighted by atomic mass is 10.1. The second-order valence-electron chi connectivity index (χ2n) is 5.90. The number of thiazole rings is 1. The SMILES string of the molecule is CCN(CC)c1ccc(C(=O)C[n+]2c(N)sc3cc(N)ccc32)cc1.[Br-]. The van der Waals surface area contributed by atoms with Crippen LogP contribution in [0.25, 0.3) is 10.2 Å². The lowest BCUT2D eigenvalue weighted by Gasteiger charge is -2.20. The molecular formula is C19H23BrN4OS. The number of nitrogen functional groups attached to an aromatic ring is 2. The lowest BCUT2D eigenvalue weighted by Crippen LogP contribution is -3.00. The molecule has 0 amide bonds. The predicted octanol–water partition coefficient (Wildman–Crippen LogP) is 0.0863. The minimum atomic E-state index is 0. The van der Waals surface area contributed by atoms with Gasteiger partial charge in [0.1, 0.15) is 5.52 Å². The van der Waals surface area contributed by atoms with E-state index in [-0.39, 0.29) is 29.3 Å². The Morgan fingerprint density at radius 2 is 1.73 bits per heavy atom. The molecule has 0 atom stereocenters. The van der Waals surface area contributed by atoms with Gasteiger partial charge in [-0.15, -0.1) is 0 Å². The first kappa shape index (κ1) is 20.2. The molecule has 0 unspecified atom stereocenters. The Hall–Kier alpha value is -2.12. The van der Waals surface area contributed by atoms with E-state index >= 15 is 0 Å². The van der Waals surface area contributed by atoms with Gasteiger partial charge in [0.05, 0.1) is 4.70 Å². The van der Waals surface area contributed by atoms with Crippen LogP contribution in [0.2, 0.25) is 0 Å². The van der Waals surface area contributed by atoms with E-state index in [0.717, 1.165) is 29.0 Å². The second-order valence-corrected chi connectivity index (χ2v) is 6.96. The van der Waals surface area contributed by atoms with Crippen molar-refractivity contribution in [3.8, 4) is 0 Å². The van der Waals surface area contributed by atoms with Crippen molar-refractivity contribution in [2.45, 2.75) is 20.4 Å². The molecule has 26 heavy (non-hydrogen) atoms. The van der Waals surface area contributed by atoms with Crippen molar-refractivity contribution in [2.75, 3.05) is 29.5 Å². The molecule has 0 aliphatic heterocycles. The molecule has 138 valence electrons. The minimum absolute atomic E-state index is 0. The lowest BCUT2D eigenvalue weighted by molar-refractivity contribution is -0.638. The fraction of sp³-hybridized carbons (Fsp3) is 0.263. The number of Topliss-reactive ketones (excluding diaryl/α,β-unsaturated/α-hetero) is 1. The van der Waals surface area contributed by atoms with Gasteiger partial charge in [0, 0.05) is 30.0 Å². The predicted molar refractivity (Wildman–Crippen MR) is 105 cm³/mol. The first-order valence-electron chi connectivity index (χ1n) is 8.39. The van der Waals surface area contributed by atoms with Crippen LogP contribution in [-0.4, -0.2) is 18.9 Å². The summed E-state index contributed by atoms with van der Waals surface area (Å²) >= 11 is 1.44. The number of hydrogen-bond donors (Lipinski definition) is 2. The van der Waals surface area contributed by atoms with Gasteiger partial charge in [-0.25, -0.2) is 4.57 Å². The maximum Gasteiger partial charge on any atom is 0.333 e. The number of aromatic nitrogens is 1. The molecule has 1 heterocycles. The molecule has 0 bridgehead atoms. The zero-order chi connectivity index (χ0) is 18.0. The van der Waals surface area contributed by atoms with Gasteiger partial charge in [-0.3, -0.25) is 10.5 Å². The van der Waals surface area contributed by atoms with Crippen molar-refractivity contribution in [2.24, 2.45) is 0 Å². The van der Waals surface area contributed by atoms with Crippen LogP contribution in [0.1, 0.15) is 24.2 Å². The maximum atomic E-state index is 12.7. The number of hydrogen-bond acceptors (Lipinski definition) is 5. The van der Waals surface area contributed by atoms with Gasteiger partial charge >= 0.3 is 5.13 Å². The van der Waals surface area contributed by atoms with E-state index in [2.05, 4.69) is 18.7 Å². The molecule has 0 aliphatic rings. The summed E-state index contributed by atoms with van der Waals surface area (Å²) in [6.45, 7) is 6.35. The molecule has 0 fully saturated rings. The number of fused-ring (bicyclic) bond motifs is 1. The van der Waals surface area contributed by atoms with Crippen LogP contribution >= 0.6 is 11.3 Å². The van der Waals surface area contributed by atoms with E-state index in [1.165, 1.54) is 11.3 Å². The van der Waals surface area contributed by atoms with Crippen molar-refractivity contribution in [3.05, 3.63) is 48.0 Å². The molecule has 0 radical (unpaired) electrons. The smallest absolute Gasteiger partial charge is 0.333 e. The van der Waals surface area contributed by atoms with Crippen LogP contribution in [0.3, 0.4) is 0 Å². The molecule has 0 aliphatic carbocycles. The summed E-state index contributed by atoms with van der Waals surface area (Å²) in [6, 6.07) is 13.4. The summed E-state index contributed by atoms with van der Waals surface area (Å²) in [5.41, 5.74) is 15.4. The van der Waals surface area contributed by atoms with Gasteiger partial charge in [-0.05, 0) is 67.6 Å². The minimum Gasteiger partial charge on any atom is -1.00 e. The molecule has 5 nitrogen and oxygen atoms in total. The topological polar surface area (TPSA) is 76.2 Å². The Kier molecular flexibility index (Phi) is 6.61. The summed E-state index contributed by atoms with van der Waals surface area (Å²) < 4.78 is 2.84. The number of halogens is 1. The van der Waals surface area contributed by atoms with Crippen molar-refractivity contribution in [3.63, 3.8) is 0 Å². The number of rotatable bonds is 6. The summed E-state index contributed by atoms with van der Waals surface area (Å²) in [7, 11) is 0. The van der Waals surface area contributed by atoms with Gasteiger partial charge in [-0.2, -0.15) is 0 Å². The van der Waals surface area contributed by atoms with Crippen LogP contribution in [0, 0.1) is 0 Å². The van der Waals surface area contributed by atoms with Crippen molar-refractivity contribution < 1.29 is 26.3 Å². The monoisotopic (exact) mass is 434 g/mol. The van der Waals surface area contributed by atoms with Crippen LogP contribution in [-0.2, 0) is 6.54 Å². The summed E-state index contributed by atoms with van der Waals surface area (Å²) in [5, 5.41) is 0.605.